The molecule has 0 radical (unpaired) electrons. The van der Waals surface area contributed by atoms with Gasteiger partial charge >= 0.3 is 11.9 Å². The van der Waals surface area contributed by atoms with Crippen LogP contribution in [0.25, 0.3) is 0 Å². The van der Waals surface area contributed by atoms with Crippen molar-refractivity contribution < 1.29 is 29.0 Å². The third kappa shape index (κ3) is 6.56. The van der Waals surface area contributed by atoms with Crippen molar-refractivity contribution in [3.05, 3.63) is 40.2 Å². The minimum absolute atomic E-state index is 0.0110. The predicted octanol–water partition coefficient (Wildman–Crippen LogP) is 10.1. The van der Waals surface area contributed by atoms with E-state index in [9.17, 15) is 24.3 Å². The van der Waals surface area contributed by atoms with Crippen LogP contribution in [0.4, 0.5) is 0 Å². The van der Waals surface area contributed by atoms with Crippen LogP contribution >= 0.6 is 11.6 Å². The third-order valence-electron chi connectivity index (χ3n) is 16.4. The van der Waals surface area contributed by atoms with Gasteiger partial charge in [0, 0.05) is 24.5 Å². The van der Waals surface area contributed by atoms with E-state index in [1.807, 2.05) is 13.0 Å². The summed E-state index contributed by atoms with van der Waals surface area (Å²) in [4.78, 5) is 56.8. The molecule has 9 heteroatoms. The molecule has 5 aliphatic rings. The van der Waals surface area contributed by atoms with Gasteiger partial charge in [-0.2, -0.15) is 0 Å². The van der Waals surface area contributed by atoms with Crippen LogP contribution < -0.4 is 5.32 Å². The summed E-state index contributed by atoms with van der Waals surface area (Å²) in [5.41, 5.74) is 1.66. The topological polar surface area (TPSA) is 123 Å². The number of carboxylic acids is 1. The van der Waals surface area contributed by atoms with Crippen LogP contribution in [0.1, 0.15) is 158 Å². The summed E-state index contributed by atoms with van der Waals surface area (Å²) in [6.07, 6.45) is 10.8. The highest BCUT2D eigenvalue weighted by Crippen LogP contribution is 2.77. The first-order valence-electron chi connectivity index (χ1n) is 20.6. The zero-order valence-electron chi connectivity index (χ0n) is 34.5. The Bertz CT molecular complexity index is 1720. The molecule has 4 fully saturated rings. The molecule has 0 aliphatic heterocycles. The Kier molecular flexibility index (Phi) is 10.6. The van der Waals surface area contributed by atoms with Gasteiger partial charge in [0.25, 0.3) is 0 Å². The Morgan fingerprint density at radius 1 is 0.963 bits per heavy atom. The number of carboxylic acid groups (broad SMARTS) is 1. The maximum absolute atomic E-state index is 14.0. The van der Waals surface area contributed by atoms with E-state index in [4.69, 9.17) is 16.3 Å². The fourth-order valence-corrected chi connectivity index (χ4v) is 13.4. The average molecular weight is 765 g/mol. The lowest BCUT2D eigenvalue weighted by molar-refractivity contribution is -0.233. The predicted molar refractivity (Wildman–Crippen MR) is 210 cm³/mol. The number of hydrogen-bond donors (Lipinski definition) is 2. The summed E-state index contributed by atoms with van der Waals surface area (Å²) >= 11 is 6.04. The number of nitrogens with one attached hydrogen (secondary N) is 1. The highest BCUT2D eigenvalue weighted by molar-refractivity contribution is 6.30. The van der Waals surface area contributed by atoms with Gasteiger partial charge in [-0.25, -0.2) is 0 Å². The van der Waals surface area contributed by atoms with Crippen molar-refractivity contribution in [1.29, 1.82) is 0 Å². The van der Waals surface area contributed by atoms with Crippen LogP contribution in [0, 0.1) is 56.2 Å². The molecule has 0 bridgehead atoms. The number of nitrogens with zero attached hydrogens (tertiary/aromatic N) is 1. The number of amides is 1. The molecule has 1 aromatic rings. The third-order valence-corrected chi connectivity index (χ3v) is 16.6. The molecule has 9 atom stereocenters. The van der Waals surface area contributed by atoms with E-state index in [0.717, 1.165) is 62.6 Å². The lowest BCUT2D eigenvalue weighted by Crippen LogP contribution is -2.65. The summed E-state index contributed by atoms with van der Waals surface area (Å²) in [5, 5.41) is 13.3. The number of ether oxygens (including phenoxy) is 1. The molecule has 8 nitrogen and oxygen atoms in total. The maximum Gasteiger partial charge on any atom is 0.309 e. The van der Waals surface area contributed by atoms with Gasteiger partial charge in [-0.1, -0.05) is 65.6 Å². The number of aromatic nitrogens is 1. The number of hydrogen-bond acceptors (Lipinski definition) is 6. The first kappa shape index (κ1) is 40.9. The summed E-state index contributed by atoms with van der Waals surface area (Å²) in [5.74, 6) is 0.165. The highest BCUT2D eigenvalue weighted by atomic mass is 35.5. The number of aliphatic carboxylic acids is 1. The molecule has 1 amide bonds. The largest absolute Gasteiger partial charge is 0.481 e. The van der Waals surface area contributed by atoms with Crippen molar-refractivity contribution in [2.24, 2.45) is 56.2 Å². The van der Waals surface area contributed by atoms with Gasteiger partial charge in [0.2, 0.25) is 5.91 Å². The number of esters is 1. The van der Waals surface area contributed by atoms with Crippen molar-refractivity contribution in [2.45, 2.75) is 158 Å². The van der Waals surface area contributed by atoms with E-state index in [1.54, 1.807) is 26.1 Å². The number of pyridine rings is 1. The van der Waals surface area contributed by atoms with E-state index < -0.39 is 17.4 Å². The minimum Gasteiger partial charge on any atom is -0.481 e. The zero-order chi connectivity index (χ0) is 39.8. The Morgan fingerprint density at radius 2 is 1.67 bits per heavy atom. The van der Waals surface area contributed by atoms with Gasteiger partial charge < -0.3 is 15.2 Å². The smallest absolute Gasteiger partial charge is 0.309 e. The summed E-state index contributed by atoms with van der Waals surface area (Å²) in [6, 6.07) is 3.39. The molecule has 2 N–H and O–H groups in total. The fourth-order valence-electron chi connectivity index (χ4n) is 13.3. The number of fused-ring (bicyclic) bond motifs is 7. The molecule has 1 aromatic heterocycles. The molecule has 0 spiro atoms. The van der Waals surface area contributed by atoms with Crippen LogP contribution in [-0.4, -0.2) is 39.8 Å². The standard InChI is InChI=1S/C45H65ClN2O6/c1-26(2)37-31(49)23-45(20-17-35(50)48-27(3)30-13-11-28(46)25-47-30)22-21-43(9)29(38(37)45)12-14-33-42(8)18-16-34(54-36(51)24-40(4,5)39(52)53)41(6,7)32(42)15-19-44(33,43)10/h11,13,25-27,29,32-34H,12,14-24H2,1-10H3,(H,48,50)(H,52,53)/t27-,29-,32+,33-,34+,42+,43-,44-,45?/m1/s1. The number of Topliss-reactive ketones (excluding diaryl/α,β-unsaturated/α-hetero) is 1. The Balaban J connectivity index is 1.23. The lowest BCUT2D eigenvalue weighted by atomic mass is 9.33. The second-order valence-corrected chi connectivity index (χ2v) is 20.8. The summed E-state index contributed by atoms with van der Waals surface area (Å²) in [7, 11) is 0. The minimum atomic E-state index is -1.17. The van der Waals surface area contributed by atoms with Crippen molar-refractivity contribution in [2.75, 3.05) is 0 Å². The molecule has 1 unspecified atom stereocenters. The summed E-state index contributed by atoms with van der Waals surface area (Å²) in [6.45, 7) is 21.6. The molecule has 54 heavy (non-hydrogen) atoms. The van der Waals surface area contributed by atoms with Crippen molar-refractivity contribution >= 4 is 35.2 Å². The fraction of sp³-hybridized carbons (Fsp3) is 0.756. The molecular formula is C45H65ClN2O6. The van der Waals surface area contributed by atoms with Crippen molar-refractivity contribution in [3.63, 3.8) is 0 Å². The van der Waals surface area contributed by atoms with Gasteiger partial charge in [-0.15, -0.1) is 0 Å². The van der Waals surface area contributed by atoms with Crippen LogP contribution in [0.15, 0.2) is 29.5 Å². The average Bonchev–Trinajstić information content (AvgIpc) is 3.37. The van der Waals surface area contributed by atoms with Gasteiger partial charge in [0.05, 0.1) is 28.6 Å². The van der Waals surface area contributed by atoms with E-state index in [-0.39, 0.29) is 63.2 Å². The molecule has 0 saturated heterocycles. The number of ketones is 1. The quantitative estimate of drug-likeness (QED) is 0.227. The van der Waals surface area contributed by atoms with Gasteiger partial charge in [-0.05, 0) is 142 Å². The van der Waals surface area contributed by atoms with Crippen LogP contribution in [-0.2, 0) is 23.9 Å². The Labute approximate surface area is 328 Å². The van der Waals surface area contributed by atoms with Gasteiger partial charge in [0.15, 0.2) is 5.78 Å². The molecular weight excluding hydrogens is 700 g/mol. The second kappa shape index (κ2) is 14.0. The van der Waals surface area contributed by atoms with Gasteiger partial charge in [-0.3, -0.25) is 24.2 Å². The number of allylic oxidation sites excluding steroid dienone is 2. The molecule has 4 saturated carbocycles. The van der Waals surface area contributed by atoms with Crippen molar-refractivity contribution in [3.8, 4) is 0 Å². The normalized spacial score (nSPS) is 36.4. The number of carbonyl (C=O) groups is 4. The maximum atomic E-state index is 14.0. The van der Waals surface area contributed by atoms with E-state index in [2.05, 4.69) is 58.8 Å². The van der Waals surface area contributed by atoms with Crippen LogP contribution in [0.5, 0.6) is 0 Å². The number of halogens is 1. The van der Waals surface area contributed by atoms with E-state index >= 15 is 0 Å². The first-order chi connectivity index (χ1) is 25.0. The molecule has 5 aliphatic carbocycles. The molecule has 298 valence electrons. The van der Waals surface area contributed by atoms with Gasteiger partial charge in [0.1, 0.15) is 6.10 Å². The van der Waals surface area contributed by atoms with E-state index in [1.165, 1.54) is 5.57 Å². The van der Waals surface area contributed by atoms with Crippen molar-refractivity contribution in [1.82, 2.24) is 10.3 Å². The molecule has 0 aromatic carbocycles. The number of carbonyl (C=O) groups excluding carboxylic acids is 3. The molecule has 6 rings (SSSR count). The highest BCUT2D eigenvalue weighted by Gasteiger charge is 2.70. The van der Waals surface area contributed by atoms with E-state index in [0.29, 0.717) is 42.0 Å². The Morgan fingerprint density at radius 3 is 2.30 bits per heavy atom. The summed E-state index contributed by atoms with van der Waals surface area (Å²) < 4.78 is 6.17. The lowest BCUT2D eigenvalue weighted by Gasteiger charge is -2.72. The Hall–Kier alpha value is -2.74. The zero-order valence-corrected chi connectivity index (χ0v) is 35.3. The number of rotatable bonds is 10. The monoisotopic (exact) mass is 764 g/mol. The second-order valence-electron chi connectivity index (χ2n) is 20.4. The van der Waals surface area contributed by atoms with Crippen LogP contribution in [0.2, 0.25) is 5.02 Å². The SMILES string of the molecule is CC(C)C1=C2[C@H]3CC[C@@H]4[C@@]5(C)CC[C@H](OC(=O)CC(C)(C)C(=O)O)C(C)(C)[C@@H]5CC[C@@]4(C)[C@]3(C)CCC2(CCC(=O)N[C@H](C)c2ccc(Cl)cn2)CC1=O. The van der Waals surface area contributed by atoms with Crippen LogP contribution in [0.3, 0.4) is 0 Å². The first-order valence-corrected chi connectivity index (χ1v) is 21.0. The molecule has 1 heterocycles.